The molecule has 0 saturated carbocycles. The number of carbonyl (C=O) groups is 1. The summed E-state index contributed by atoms with van der Waals surface area (Å²) < 4.78 is 5.33. The Hall–Kier alpha value is -3.34. The molecule has 1 aromatic heterocycles. The van der Waals surface area contributed by atoms with Crippen molar-refractivity contribution in [3.05, 3.63) is 96.1 Å². The molecule has 5 heteroatoms. The molecule has 2 aromatic carbocycles. The van der Waals surface area contributed by atoms with Crippen LogP contribution in [0.4, 0.5) is 0 Å². The van der Waals surface area contributed by atoms with E-state index < -0.39 is 11.5 Å². The molecule has 3 rings (SSSR count). The van der Waals surface area contributed by atoms with Crippen molar-refractivity contribution in [3.63, 3.8) is 0 Å². The van der Waals surface area contributed by atoms with Crippen LogP contribution in [0.25, 0.3) is 0 Å². The molecule has 0 amide bonds. The third-order valence-electron chi connectivity index (χ3n) is 4.23. The van der Waals surface area contributed by atoms with Gasteiger partial charge in [0.1, 0.15) is 6.33 Å². The molecule has 0 spiro atoms. The number of esters is 1. The Labute approximate surface area is 158 Å². The second kappa shape index (κ2) is 8.36. The second-order valence-corrected chi connectivity index (χ2v) is 6.11. The van der Waals surface area contributed by atoms with Crippen LogP contribution in [0.3, 0.4) is 0 Å². The maximum atomic E-state index is 12.9. The summed E-state index contributed by atoms with van der Waals surface area (Å²) in [5, 5.41) is 0. The van der Waals surface area contributed by atoms with Crippen LogP contribution < -0.4 is 0 Å². The van der Waals surface area contributed by atoms with Crippen LogP contribution in [0.5, 0.6) is 0 Å². The zero-order chi connectivity index (χ0) is 19.1. The molecule has 0 aliphatic carbocycles. The Kier molecular flexibility index (Phi) is 5.71. The van der Waals surface area contributed by atoms with E-state index in [4.69, 9.17) is 9.73 Å². The molecule has 0 aliphatic heterocycles. The number of benzene rings is 2. The molecule has 27 heavy (non-hydrogen) atoms. The fourth-order valence-electron chi connectivity index (χ4n) is 2.76. The van der Waals surface area contributed by atoms with E-state index in [1.165, 1.54) is 6.33 Å². The zero-order valence-electron chi connectivity index (χ0n) is 15.4. The van der Waals surface area contributed by atoms with Crippen molar-refractivity contribution < 1.29 is 9.53 Å². The number of carbonyl (C=O) groups excluding carboxylic acids is 1. The standard InChI is InChI=1S/C22H21N3O2/c1-3-27-21(26)22(2,19-14-23-16-24-15-19)25-20(17-10-6-4-7-11-17)18-12-8-5-9-13-18/h4-16H,3H2,1-2H3. The van der Waals surface area contributed by atoms with Crippen molar-refractivity contribution in [2.45, 2.75) is 19.4 Å². The summed E-state index contributed by atoms with van der Waals surface area (Å²) in [5.41, 5.74) is 1.84. The first-order valence-corrected chi connectivity index (χ1v) is 8.78. The summed E-state index contributed by atoms with van der Waals surface area (Å²) >= 11 is 0. The van der Waals surface area contributed by atoms with Gasteiger partial charge in [-0.25, -0.2) is 14.8 Å². The molecule has 0 radical (unpaired) electrons. The van der Waals surface area contributed by atoms with Crippen molar-refractivity contribution in [2.75, 3.05) is 6.61 Å². The summed E-state index contributed by atoms with van der Waals surface area (Å²) in [6.07, 6.45) is 4.62. The number of hydrogen-bond donors (Lipinski definition) is 0. The van der Waals surface area contributed by atoms with E-state index in [9.17, 15) is 4.79 Å². The van der Waals surface area contributed by atoms with Gasteiger partial charge in [-0.1, -0.05) is 60.7 Å². The molecule has 0 fully saturated rings. The van der Waals surface area contributed by atoms with Gasteiger partial charge in [0.15, 0.2) is 5.54 Å². The minimum Gasteiger partial charge on any atom is -0.464 e. The monoisotopic (exact) mass is 359 g/mol. The van der Waals surface area contributed by atoms with E-state index >= 15 is 0 Å². The molecule has 1 unspecified atom stereocenters. The summed E-state index contributed by atoms with van der Waals surface area (Å²) in [7, 11) is 0. The van der Waals surface area contributed by atoms with E-state index in [0.29, 0.717) is 11.3 Å². The van der Waals surface area contributed by atoms with Crippen molar-refractivity contribution in [3.8, 4) is 0 Å². The van der Waals surface area contributed by atoms with Crippen molar-refractivity contribution in [1.29, 1.82) is 0 Å². The molecular weight excluding hydrogens is 338 g/mol. The highest BCUT2D eigenvalue weighted by Crippen LogP contribution is 2.28. The maximum absolute atomic E-state index is 12.9. The molecule has 5 nitrogen and oxygen atoms in total. The molecule has 0 aliphatic rings. The first-order chi connectivity index (χ1) is 13.1. The van der Waals surface area contributed by atoms with Crippen LogP contribution in [0.2, 0.25) is 0 Å². The number of aromatic nitrogens is 2. The van der Waals surface area contributed by atoms with Crippen LogP contribution in [0.1, 0.15) is 30.5 Å². The Bertz CT molecular complexity index is 871. The zero-order valence-corrected chi connectivity index (χ0v) is 15.4. The second-order valence-electron chi connectivity index (χ2n) is 6.11. The smallest absolute Gasteiger partial charge is 0.338 e. The maximum Gasteiger partial charge on any atom is 0.338 e. The Balaban J connectivity index is 2.22. The lowest BCUT2D eigenvalue weighted by Gasteiger charge is -2.24. The van der Waals surface area contributed by atoms with E-state index in [-0.39, 0.29) is 6.61 Å². The average Bonchev–Trinajstić information content (AvgIpc) is 2.74. The molecule has 3 aromatic rings. The van der Waals surface area contributed by atoms with E-state index in [1.807, 2.05) is 60.7 Å². The molecule has 0 saturated heterocycles. The number of rotatable bonds is 6. The molecular formula is C22H21N3O2. The number of aliphatic imine (C=N–C) groups is 1. The fourth-order valence-corrected chi connectivity index (χ4v) is 2.76. The van der Waals surface area contributed by atoms with E-state index in [0.717, 1.165) is 11.1 Å². The van der Waals surface area contributed by atoms with Gasteiger partial charge in [-0.2, -0.15) is 0 Å². The number of nitrogens with zero attached hydrogens (tertiary/aromatic N) is 3. The van der Waals surface area contributed by atoms with Crippen LogP contribution in [0, 0.1) is 0 Å². The van der Waals surface area contributed by atoms with E-state index in [1.54, 1.807) is 26.2 Å². The first-order valence-electron chi connectivity index (χ1n) is 8.78. The minimum atomic E-state index is -1.27. The third kappa shape index (κ3) is 4.08. The van der Waals surface area contributed by atoms with Gasteiger partial charge in [0.2, 0.25) is 0 Å². The molecule has 1 atom stereocenters. The predicted molar refractivity (Wildman–Crippen MR) is 105 cm³/mol. The minimum absolute atomic E-state index is 0.268. The van der Waals surface area contributed by atoms with Crippen LogP contribution in [0.15, 0.2) is 84.4 Å². The summed E-state index contributed by atoms with van der Waals surface area (Å²) in [4.78, 5) is 25.9. The molecule has 0 N–H and O–H groups in total. The van der Waals surface area contributed by atoms with Gasteiger partial charge in [-0.05, 0) is 13.8 Å². The lowest BCUT2D eigenvalue weighted by atomic mass is 9.93. The number of ether oxygens (including phenoxy) is 1. The van der Waals surface area contributed by atoms with E-state index in [2.05, 4.69) is 9.97 Å². The van der Waals surface area contributed by atoms with Crippen molar-refractivity contribution in [2.24, 2.45) is 4.99 Å². The largest absolute Gasteiger partial charge is 0.464 e. The summed E-state index contributed by atoms with van der Waals surface area (Å²) in [6, 6.07) is 19.6. The van der Waals surface area contributed by atoms with Crippen molar-refractivity contribution in [1.82, 2.24) is 9.97 Å². The topological polar surface area (TPSA) is 64.4 Å². The summed E-state index contributed by atoms with van der Waals surface area (Å²) in [6.45, 7) is 3.78. The molecule has 0 bridgehead atoms. The normalized spacial score (nSPS) is 12.7. The Morgan fingerprint density at radius 2 is 1.48 bits per heavy atom. The third-order valence-corrected chi connectivity index (χ3v) is 4.23. The quantitative estimate of drug-likeness (QED) is 0.496. The highest BCUT2D eigenvalue weighted by Gasteiger charge is 2.38. The molecule has 136 valence electrons. The van der Waals surface area contributed by atoms with Gasteiger partial charge >= 0.3 is 5.97 Å². The predicted octanol–water partition coefficient (Wildman–Crippen LogP) is 3.79. The Morgan fingerprint density at radius 3 is 1.96 bits per heavy atom. The SMILES string of the molecule is CCOC(=O)C(C)(N=C(c1ccccc1)c1ccccc1)c1cncnc1. The van der Waals surface area contributed by atoms with Crippen LogP contribution in [-0.2, 0) is 15.1 Å². The Morgan fingerprint density at radius 1 is 0.963 bits per heavy atom. The summed E-state index contributed by atoms with van der Waals surface area (Å²) in [5.74, 6) is -0.441. The number of hydrogen-bond acceptors (Lipinski definition) is 5. The highest BCUT2D eigenvalue weighted by molar-refractivity contribution is 6.13. The van der Waals surface area contributed by atoms with Gasteiger partial charge in [0, 0.05) is 29.1 Å². The highest BCUT2D eigenvalue weighted by atomic mass is 16.5. The van der Waals surface area contributed by atoms with Gasteiger partial charge in [0.25, 0.3) is 0 Å². The lowest BCUT2D eigenvalue weighted by Crippen LogP contribution is -2.34. The average molecular weight is 359 g/mol. The fraction of sp³-hybridized carbons (Fsp3) is 0.182. The van der Waals surface area contributed by atoms with Crippen LogP contribution in [-0.4, -0.2) is 28.3 Å². The van der Waals surface area contributed by atoms with Gasteiger partial charge in [-0.15, -0.1) is 0 Å². The lowest BCUT2D eigenvalue weighted by molar-refractivity contribution is -0.149. The van der Waals surface area contributed by atoms with Gasteiger partial charge in [-0.3, -0.25) is 4.99 Å². The van der Waals surface area contributed by atoms with Crippen molar-refractivity contribution >= 4 is 11.7 Å². The van der Waals surface area contributed by atoms with Gasteiger partial charge in [0.05, 0.1) is 12.3 Å². The van der Waals surface area contributed by atoms with Gasteiger partial charge < -0.3 is 4.74 Å². The van der Waals surface area contributed by atoms with Crippen LogP contribution >= 0.6 is 0 Å². The first kappa shape index (κ1) is 18.5. The molecule has 1 heterocycles.